The van der Waals surface area contributed by atoms with Crippen molar-refractivity contribution in [3.8, 4) is 5.75 Å². The van der Waals surface area contributed by atoms with Gasteiger partial charge in [0, 0.05) is 12.7 Å². The van der Waals surface area contributed by atoms with Crippen LogP contribution in [0.5, 0.6) is 5.75 Å². The number of hydrogen-bond donors (Lipinski definition) is 2. The number of aliphatic hydroxyl groups is 1. The van der Waals surface area contributed by atoms with E-state index in [0.29, 0.717) is 5.56 Å². The van der Waals surface area contributed by atoms with Gasteiger partial charge >= 0.3 is 0 Å². The molecule has 0 aliphatic rings. The zero-order valence-corrected chi connectivity index (χ0v) is 7.11. The fourth-order valence-electron chi connectivity index (χ4n) is 1.02. The number of aromatic hydroxyl groups is 1. The van der Waals surface area contributed by atoms with Gasteiger partial charge < -0.3 is 14.9 Å². The van der Waals surface area contributed by atoms with E-state index in [1.54, 1.807) is 12.1 Å². The SMILES string of the molecule is COC(O)c1cc(O)ccc1C. The van der Waals surface area contributed by atoms with Crippen LogP contribution in [0.1, 0.15) is 17.4 Å². The molecular weight excluding hydrogens is 156 g/mol. The molecule has 0 aromatic heterocycles. The molecule has 1 rings (SSSR count). The van der Waals surface area contributed by atoms with E-state index in [0.717, 1.165) is 5.56 Å². The monoisotopic (exact) mass is 168 g/mol. The first kappa shape index (κ1) is 9.03. The molecule has 0 fully saturated rings. The lowest BCUT2D eigenvalue weighted by Gasteiger charge is -2.11. The molecule has 0 spiro atoms. The number of benzene rings is 1. The summed E-state index contributed by atoms with van der Waals surface area (Å²) in [5.74, 6) is 0.131. The molecule has 0 saturated heterocycles. The van der Waals surface area contributed by atoms with Gasteiger partial charge in [-0.05, 0) is 24.6 Å². The minimum atomic E-state index is -0.961. The Hall–Kier alpha value is -1.06. The van der Waals surface area contributed by atoms with Crippen LogP contribution in [-0.2, 0) is 4.74 Å². The fourth-order valence-corrected chi connectivity index (χ4v) is 1.02. The van der Waals surface area contributed by atoms with Gasteiger partial charge in [-0.3, -0.25) is 0 Å². The summed E-state index contributed by atoms with van der Waals surface area (Å²) in [5, 5.41) is 18.4. The first-order valence-corrected chi connectivity index (χ1v) is 3.65. The predicted octanol–water partition coefficient (Wildman–Crippen LogP) is 1.34. The summed E-state index contributed by atoms with van der Waals surface area (Å²) >= 11 is 0. The van der Waals surface area contributed by atoms with E-state index in [1.807, 2.05) is 6.92 Å². The molecule has 66 valence electrons. The first-order valence-electron chi connectivity index (χ1n) is 3.65. The van der Waals surface area contributed by atoms with Crippen molar-refractivity contribution in [2.24, 2.45) is 0 Å². The quantitative estimate of drug-likeness (QED) is 0.655. The second-order valence-electron chi connectivity index (χ2n) is 2.63. The summed E-state index contributed by atoms with van der Waals surface area (Å²) in [4.78, 5) is 0. The van der Waals surface area contributed by atoms with E-state index in [9.17, 15) is 5.11 Å². The third kappa shape index (κ3) is 1.75. The van der Waals surface area contributed by atoms with E-state index in [-0.39, 0.29) is 5.75 Å². The van der Waals surface area contributed by atoms with Gasteiger partial charge in [-0.15, -0.1) is 0 Å². The van der Waals surface area contributed by atoms with Gasteiger partial charge in [-0.25, -0.2) is 0 Å². The van der Waals surface area contributed by atoms with Gasteiger partial charge in [-0.1, -0.05) is 6.07 Å². The highest BCUT2D eigenvalue weighted by Gasteiger charge is 2.08. The largest absolute Gasteiger partial charge is 0.508 e. The smallest absolute Gasteiger partial charge is 0.181 e. The molecule has 2 N–H and O–H groups in total. The lowest BCUT2D eigenvalue weighted by atomic mass is 10.1. The molecule has 1 aromatic carbocycles. The lowest BCUT2D eigenvalue weighted by Crippen LogP contribution is -2.01. The van der Waals surface area contributed by atoms with E-state index in [4.69, 9.17) is 9.84 Å². The Morgan fingerprint density at radius 2 is 2.08 bits per heavy atom. The van der Waals surface area contributed by atoms with Crippen LogP contribution in [0.4, 0.5) is 0 Å². The van der Waals surface area contributed by atoms with Gasteiger partial charge in [0.2, 0.25) is 0 Å². The minimum absolute atomic E-state index is 0.131. The summed E-state index contributed by atoms with van der Waals surface area (Å²) < 4.78 is 4.72. The summed E-state index contributed by atoms with van der Waals surface area (Å²) in [7, 11) is 1.41. The van der Waals surface area contributed by atoms with Gasteiger partial charge in [0.1, 0.15) is 5.75 Å². The molecule has 0 saturated carbocycles. The average molecular weight is 168 g/mol. The normalized spacial score (nSPS) is 12.9. The molecule has 1 atom stereocenters. The van der Waals surface area contributed by atoms with Crippen molar-refractivity contribution >= 4 is 0 Å². The number of phenols is 1. The predicted molar refractivity (Wildman–Crippen MR) is 44.8 cm³/mol. The van der Waals surface area contributed by atoms with E-state index >= 15 is 0 Å². The topological polar surface area (TPSA) is 49.7 Å². The minimum Gasteiger partial charge on any atom is -0.508 e. The molecule has 3 nitrogen and oxygen atoms in total. The number of aryl methyl sites for hydroxylation is 1. The highest BCUT2D eigenvalue weighted by Crippen LogP contribution is 2.22. The third-order valence-corrected chi connectivity index (χ3v) is 1.75. The van der Waals surface area contributed by atoms with Gasteiger partial charge in [0.25, 0.3) is 0 Å². The molecule has 0 radical (unpaired) electrons. The Morgan fingerprint density at radius 1 is 1.42 bits per heavy atom. The van der Waals surface area contributed by atoms with Crippen LogP contribution in [0, 0.1) is 6.92 Å². The zero-order chi connectivity index (χ0) is 9.14. The Bertz CT molecular complexity index is 270. The maximum atomic E-state index is 9.30. The lowest BCUT2D eigenvalue weighted by molar-refractivity contribution is -0.0774. The molecule has 0 aliphatic carbocycles. The zero-order valence-electron chi connectivity index (χ0n) is 7.11. The van der Waals surface area contributed by atoms with Crippen molar-refractivity contribution in [2.75, 3.05) is 7.11 Å². The highest BCUT2D eigenvalue weighted by atomic mass is 16.6. The molecule has 0 aliphatic heterocycles. The highest BCUT2D eigenvalue weighted by molar-refractivity contribution is 5.34. The summed E-state index contributed by atoms with van der Waals surface area (Å²) in [6.07, 6.45) is -0.961. The summed E-state index contributed by atoms with van der Waals surface area (Å²) in [5.41, 5.74) is 1.49. The number of hydrogen-bond acceptors (Lipinski definition) is 3. The Kier molecular flexibility index (Phi) is 2.68. The van der Waals surface area contributed by atoms with Gasteiger partial charge in [-0.2, -0.15) is 0 Å². The Balaban J connectivity index is 3.04. The maximum Gasteiger partial charge on any atom is 0.181 e. The molecule has 12 heavy (non-hydrogen) atoms. The van der Waals surface area contributed by atoms with Crippen molar-refractivity contribution in [3.05, 3.63) is 29.3 Å². The number of aliphatic hydroxyl groups excluding tert-OH is 1. The van der Waals surface area contributed by atoms with Crippen LogP contribution < -0.4 is 0 Å². The number of methoxy groups -OCH3 is 1. The van der Waals surface area contributed by atoms with Crippen molar-refractivity contribution in [2.45, 2.75) is 13.2 Å². The standard InChI is InChI=1S/C9H12O3/c1-6-3-4-7(10)5-8(6)9(11)12-2/h3-5,9-11H,1-2H3. The summed E-state index contributed by atoms with van der Waals surface area (Å²) in [6.45, 7) is 1.84. The van der Waals surface area contributed by atoms with Crippen molar-refractivity contribution in [1.29, 1.82) is 0 Å². The second kappa shape index (κ2) is 3.56. The molecular formula is C9H12O3. The van der Waals surface area contributed by atoms with Gasteiger partial charge in [0.05, 0.1) is 0 Å². The van der Waals surface area contributed by atoms with Crippen LogP contribution in [0.15, 0.2) is 18.2 Å². The first-order chi connectivity index (χ1) is 5.65. The molecule has 0 heterocycles. The second-order valence-corrected chi connectivity index (χ2v) is 2.63. The average Bonchev–Trinajstić information content (AvgIpc) is 2.08. The Morgan fingerprint density at radius 3 is 2.67 bits per heavy atom. The number of ether oxygens (including phenoxy) is 1. The maximum absolute atomic E-state index is 9.30. The molecule has 0 bridgehead atoms. The number of rotatable bonds is 2. The Labute approximate surface area is 71.2 Å². The van der Waals surface area contributed by atoms with Crippen molar-refractivity contribution in [3.63, 3.8) is 0 Å². The van der Waals surface area contributed by atoms with Crippen LogP contribution in [0.25, 0.3) is 0 Å². The van der Waals surface area contributed by atoms with E-state index in [1.165, 1.54) is 13.2 Å². The molecule has 1 unspecified atom stereocenters. The van der Waals surface area contributed by atoms with E-state index < -0.39 is 6.29 Å². The molecule has 3 heteroatoms. The van der Waals surface area contributed by atoms with Crippen LogP contribution in [0.3, 0.4) is 0 Å². The fraction of sp³-hybridized carbons (Fsp3) is 0.333. The molecule has 0 amide bonds. The van der Waals surface area contributed by atoms with Crippen molar-refractivity contribution in [1.82, 2.24) is 0 Å². The van der Waals surface area contributed by atoms with Crippen LogP contribution in [0.2, 0.25) is 0 Å². The summed E-state index contributed by atoms with van der Waals surface area (Å²) in [6, 6.07) is 4.79. The van der Waals surface area contributed by atoms with Crippen LogP contribution in [-0.4, -0.2) is 17.3 Å². The van der Waals surface area contributed by atoms with E-state index in [2.05, 4.69) is 0 Å². The molecule has 1 aromatic rings. The van der Waals surface area contributed by atoms with Crippen LogP contribution >= 0.6 is 0 Å². The van der Waals surface area contributed by atoms with Crippen molar-refractivity contribution < 1.29 is 14.9 Å². The van der Waals surface area contributed by atoms with Gasteiger partial charge in [0.15, 0.2) is 6.29 Å². The number of phenolic OH excluding ortho intramolecular Hbond substituents is 1. The third-order valence-electron chi connectivity index (χ3n) is 1.75.